The van der Waals surface area contributed by atoms with Crippen LogP contribution in [0.2, 0.25) is 0 Å². The molecule has 1 fully saturated rings. The first-order chi connectivity index (χ1) is 13.2. The monoisotopic (exact) mass is 425 g/mol. The van der Waals surface area contributed by atoms with E-state index in [0.717, 1.165) is 35.6 Å². The number of carbonyl (C=O) groups is 1. The Hall–Kier alpha value is -1.87. The number of ether oxygens (including phenoxy) is 3. The zero-order valence-electron chi connectivity index (χ0n) is 15.5. The lowest BCUT2D eigenvalue weighted by Crippen LogP contribution is -2.40. The van der Waals surface area contributed by atoms with Gasteiger partial charge in [-0.2, -0.15) is 0 Å². The highest BCUT2D eigenvalue weighted by atomic mass is 35.5. The van der Waals surface area contributed by atoms with Crippen molar-refractivity contribution in [3.8, 4) is 22.1 Å². The number of fused-ring (bicyclic) bond motifs is 1. The zero-order valence-corrected chi connectivity index (χ0v) is 17.1. The second-order valence-corrected chi connectivity index (χ2v) is 7.63. The average molecular weight is 426 g/mol. The Morgan fingerprint density at radius 3 is 2.86 bits per heavy atom. The van der Waals surface area contributed by atoms with E-state index in [4.69, 9.17) is 19.9 Å². The smallest absolute Gasteiger partial charge is 0.265 e. The second kappa shape index (κ2) is 9.56. The van der Waals surface area contributed by atoms with Crippen LogP contribution in [-0.2, 0) is 4.74 Å². The molecule has 0 unspecified atom stereocenters. The summed E-state index contributed by atoms with van der Waals surface area (Å²) < 4.78 is 16.6. The predicted molar refractivity (Wildman–Crippen MR) is 109 cm³/mol. The second-order valence-electron chi connectivity index (χ2n) is 6.60. The van der Waals surface area contributed by atoms with Crippen LogP contribution in [0.15, 0.2) is 24.4 Å². The van der Waals surface area contributed by atoms with Gasteiger partial charge in [-0.15, -0.1) is 23.7 Å². The number of carbonyl (C=O) groups excluding carboxylic acids is 1. The first-order valence-corrected chi connectivity index (χ1v) is 10.0. The summed E-state index contributed by atoms with van der Waals surface area (Å²) in [6, 6.07) is 5.71. The van der Waals surface area contributed by atoms with Gasteiger partial charge < -0.3 is 24.8 Å². The first-order valence-electron chi connectivity index (χ1n) is 9.21. The number of hydrogen-bond acceptors (Lipinski definition) is 7. The van der Waals surface area contributed by atoms with Crippen LogP contribution in [0.5, 0.6) is 11.5 Å². The minimum atomic E-state index is 0. The summed E-state index contributed by atoms with van der Waals surface area (Å²) in [6.07, 6.45) is 4.50. The van der Waals surface area contributed by atoms with Crippen molar-refractivity contribution in [3.05, 3.63) is 29.3 Å². The average Bonchev–Trinajstić information content (AvgIpc) is 3.37. The van der Waals surface area contributed by atoms with Crippen molar-refractivity contribution in [1.82, 2.24) is 9.88 Å². The molecule has 4 rings (SSSR count). The normalized spacial score (nSPS) is 16.1. The highest BCUT2D eigenvalue weighted by molar-refractivity contribution is 7.16. The molecule has 28 heavy (non-hydrogen) atoms. The summed E-state index contributed by atoms with van der Waals surface area (Å²) in [6.45, 7) is 3.01. The maximum atomic E-state index is 12.8. The molecule has 1 aromatic carbocycles. The summed E-state index contributed by atoms with van der Waals surface area (Å²) in [7, 11) is 0. The summed E-state index contributed by atoms with van der Waals surface area (Å²) in [5.41, 5.74) is 6.42. The SMILES string of the molecule is Cl.NCCCOC1CCN(C(=O)c2cnc(-c3ccc4c(c3)OCO4)s2)CC1. The summed E-state index contributed by atoms with van der Waals surface area (Å²) >= 11 is 1.41. The lowest BCUT2D eigenvalue weighted by atomic mass is 10.1. The van der Waals surface area contributed by atoms with E-state index >= 15 is 0 Å². The van der Waals surface area contributed by atoms with Crippen molar-refractivity contribution in [1.29, 1.82) is 0 Å². The van der Waals surface area contributed by atoms with Gasteiger partial charge in [0.05, 0.1) is 12.3 Å². The van der Waals surface area contributed by atoms with Crippen LogP contribution in [0.25, 0.3) is 10.6 Å². The number of thiazole rings is 1. The Labute approximate surface area is 174 Å². The number of benzene rings is 1. The standard InChI is InChI=1S/C19H23N3O4S.ClH/c20-6-1-9-24-14-4-7-22(8-5-14)19(23)17-11-21-18(27-17)13-2-3-15-16(10-13)26-12-25-15;/h2-3,10-11,14H,1,4-9,12,20H2;1H. The number of halogens is 1. The van der Waals surface area contributed by atoms with Crippen molar-refractivity contribution in [2.45, 2.75) is 25.4 Å². The van der Waals surface area contributed by atoms with Gasteiger partial charge in [0.25, 0.3) is 5.91 Å². The minimum Gasteiger partial charge on any atom is -0.454 e. The van der Waals surface area contributed by atoms with E-state index in [9.17, 15) is 4.79 Å². The molecule has 2 aromatic rings. The number of hydrogen-bond donors (Lipinski definition) is 1. The van der Waals surface area contributed by atoms with Crippen LogP contribution in [0.4, 0.5) is 0 Å². The summed E-state index contributed by atoms with van der Waals surface area (Å²) in [4.78, 5) is 19.8. The van der Waals surface area contributed by atoms with Crippen molar-refractivity contribution in [3.63, 3.8) is 0 Å². The molecule has 9 heteroatoms. The molecule has 2 N–H and O–H groups in total. The Bertz CT molecular complexity index is 808. The highest BCUT2D eigenvalue weighted by Crippen LogP contribution is 2.37. The maximum Gasteiger partial charge on any atom is 0.265 e. The van der Waals surface area contributed by atoms with Gasteiger partial charge in [-0.05, 0) is 44.0 Å². The molecule has 3 heterocycles. The third-order valence-corrected chi connectivity index (χ3v) is 5.80. The van der Waals surface area contributed by atoms with E-state index in [-0.39, 0.29) is 31.2 Å². The van der Waals surface area contributed by atoms with Crippen LogP contribution in [0, 0.1) is 0 Å². The number of nitrogens with two attached hydrogens (primary N) is 1. The fraction of sp³-hybridized carbons (Fsp3) is 0.474. The van der Waals surface area contributed by atoms with E-state index in [1.165, 1.54) is 11.3 Å². The molecular formula is C19H24ClN3O4S. The van der Waals surface area contributed by atoms with Crippen molar-refractivity contribution in [2.75, 3.05) is 33.0 Å². The Balaban J connectivity index is 0.00000225. The Morgan fingerprint density at radius 2 is 2.07 bits per heavy atom. The van der Waals surface area contributed by atoms with E-state index in [2.05, 4.69) is 4.98 Å². The molecule has 0 aliphatic carbocycles. The molecule has 0 radical (unpaired) electrons. The first kappa shape index (κ1) is 20.9. The topological polar surface area (TPSA) is 86.9 Å². The van der Waals surface area contributed by atoms with E-state index < -0.39 is 0 Å². The number of likely N-dealkylation sites (tertiary alicyclic amines) is 1. The van der Waals surface area contributed by atoms with Gasteiger partial charge >= 0.3 is 0 Å². The largest absolute Gasteiger partial charge is 0.454 e. The van der Waals surface area contributed by atoms with Gasteiger partial charge in [-0.3, -0.25) is 4.79 Å². The summed E-state index contributed by atoms with van der Waals surface area (Å²) in [5, 5.41) is 0.802. The third-order valence-electron chi connectivity index (χ3n) is 4.77. The van der Waals surface area contributed by atoms with Crippen molar-refractivity contribution < 1.29 is 19.0 Å². The van der Waals surface area contributed by atoms with Gasteiger partial charge in [0.2, 0.25) is 6.79 Å². The van der Waals surface area contributed by atoms with Crippen molar-refractivity contribution in [2.24, 2.45) is 5.73 Å². The molecule has 2 aliphatic rings. The van der Waals surface area contributed by atoms with E-state index in [1.807, 2.05) is 23.1 Å². The number of nitrogens with zero attached hydrogens (tertiary/aromatic N) is 2. The lowest BCUT2D eigenvalue weighted by Gasteiger charge is -2.31. The van der Waals surface area contributed by atoms with Gasteiger partial charge in [-0.1, -0.05) is 0 Å². The molecular weight excluding hydrogens is 402 g/mol. The fourth-order valence-electron chi connectivity index (χ4n) is 3.25. The molecule has 0 spiro atoms. The molecule has 0 atom stereocenters. The van der Waals surface area contributed by atoms with Gasteiger partial charge in [-0.25, -0.2) is 4.98 Å². The predicted octanol–water partition coefficient (Wildman–Crippen LogP) is 2.93. The number of amides is 1. The molecule has 1 saturated heterocycles. The van der Waals surface area contributed by atoms with Gasteiger partial charge in [0, 0.05) is 25.3 Å². The Kier molecular flexibility index (Phi) is 7.12. The van der Waals surface area contributed by atoms with Gasteiger partial charge in [0.1, 0.15) is 9.88 Å². The quantitative estimate of drug-likeness (QED) is 0.716. The van der Waals surface area contributed by atoms with Crippen LogP contribution >= 0.6 is 23.7 Å². The highest BCUT2D eigenvalue weighted by Gasteiger charge is 2.25. The van der Waals surface area contributed by atoms with Crippen LogP contribution in [-0.4, -0.2) is 54.9 Å². The molecule has 1 amide bonds. The van der Waals surface area contributed by atoms with Crippen LogP contribution < -0.4 is 15.2 Å². The minimum absolute atomic E-state index is 0. The lowest BCUT2D eigenvalue weighted by molar-refractivity contribution is 0.00857. The van der Waals surface area contributed by atoms with Crippen molar-refractivity contribution >= 4 is 29.7 Å². The van der Waals surface area contributed by atoms with E-state index in [0.29, 0.717) is 36.9 Å². The van der Waals surface area contributed by atoms with Gasteiger partial charge in [0.15, 0.2) is 11.5 Å². The number of aromatic nitrogens is 1. The molecule has 2 aliphatic heterocycles. The Morgan fingerprint density at radius 1 is 1.29 bits per heavy atom. The number of piperidine rings is 1. The molecule has 0 saturated carbocycles. The molecule has 1 aromatic heterocycles. The zero-order chi connectivity index (χ0) is 18.6. The van der Waals surface area contributed by atoms with Crippen LogP contribution in [0.3, 0.4) is 0 Å². The summed E-state index contributed by atoms with van der Waals surface area (Å²) in [5.74, 6) is 1.50. The third kappa shape index (κ3) is 4.57. The molecule has 152 valence electrons. The molecule has 7 nitrogen and oxygen atoms in total. The fourth-order valence-corrected chi connectivity index (χ4v) is 4.13. The molecule has 0 bridgehead atoms. The maximum absolute atomic E-state index is 12.8. The van der Waals surface area contributed by atoms with E-state index in [1.54, 1.807) is 6.20 Å². The number of rotatable bonds is 6. The van der Waals surface area contributed by atoms with Crippen LogP contribution in [0.1, 0.15) is 28.9 Å².